The fourth-order valence-electron chi connectivity index (χ4n) is 4.80. The number of carbonyl (C=O) groups is 3. The molecular formula is C25H30N4O6S. The molecule has 0 aliphatic carbocycles. The summed E-state index contributed by atoms with van der Waals surface area (Å²) in [5, 5.41) is 2.85. The summed E-state index contributed by atoms with van der Waals surface area (Å²) >= 11 is 0. The van der Waals surface area contributed by atoms with Crippen LogP contribution in [0, 0.1) is 5.92 Å². The first kappa shape index (κ1) is 25.8. The number of hydrogen-bond acceptors (Lipinski definition) is 7. The van der Waals surface area contributed by atoms with E-state index in [1.807, 2.05) is 6.92 Å². The Morgan fingerprint density at radius 1 is 1.22 bits per heavy atom. The fraction of sp³-hybridized carbons (Fsp3) is 0.440. The maximum Gasteiger partial charge on any atom is 0.251 e. The second-order valence-electron chi connectivity index (χ2n) is 9.18. The minimum absolute atomic E-state index is 0.0283. The average molecular weight is 515 g/mol. The number of ether oxygens (including phenoxy) is 1. The zero-order chi connectivity index (χ0) is 25.9. The molecule has 1 aromatic heterocycles. The molecule has 10 nitrogen and oxygen atoms in total. The highest BCUT2D eigenvalue weighted by atomic mass is 32.2. The van der Waals surface area contributed by atoms with Gasteiger partial charge in [-0.3, -0.25) is 19.4 Å². The number of hydrogen-bond donors (Lipinski definition) is 1. The molecule has 2 aromatic rings. The van der Waals surface area contributed by atoms with Gasteiger partial charge in [-0.05, 0) is 55.2 Å². The number of nitrogens with zero attached hydrogens (tertiary/aromatic N) is 3. The topological polar surface area (TPSA) is 126 Å². The van der Waals surface area contributed by atoms with E-state index in [4.69, 9.17) is 4.74 Å². The Balaban J connectivity index is 1.30. The van der Waals surface area contributed by atoms with Gasteiger partial charge in [0.25, 0.3) is 5.91 Å². The number of pyridine rings is 1. The molecule has 2 aliphatic heterocycles. The van der Waals surface area contributed by atoms with Crippen molar-refractivity contribution in [3.05, 3.63) is 54.4 Å². The number of carbonyl (C=O) groups excluding carboxylic acids is 3. The number of aromatic nitrogens is 1. The van der Waals surface area contributed by atoms with Crippen molar-refractivity contribution in [2.45, 2.75) is 43.2 Å². The molecule has 2 fully saturated rings. The fourth-order valence-corrected chi connectivity index (χ4v) is 6.39. The number of sulfonamides is 1. The number of Topliss-reactive ketones (excluding diaryl/α,β-unsaturated/α-hetero) is 1. The highest BCUT2D eigenvalue weighted by Crippen LogP contribution is 2.34. The molecule has 2 aliphatic rings. The maximum absolute atomic E-state index is 13.1. The maximum atomic E-state index is 13.1. The first-order valence-electron chi connectivity index (χ1n) is 11.9. The van der Waals surface area contributed by atoms with E-state index in [-0.39, 0.29) is 41.4 Å². The van der Waals surface area contributed by atoms with Crippen molar-refractivity contribution in [1.29, 1.82) is 0 Å². The van der Waals surface area contributed by atoms with Crippen LogP contribution in [0.15, 0.2) is 53.7 Å². The van der Waals surface area contributed by atoms with E-state index in [1.165, 1.54) is 33.7 Å². The van der Waals surface area contributed by atoms with Crippen LogP contribution in [0.1, 0.15) is 36.5 Å². The molecule has 2 saturated heterocycles. The Bertz CT molecular complexity index is 1220. The molecule has 0 radical (unpaired) electrons. The van der Waals surface area contributed by atoms with Gasteiger partial charge in [-0.1, -0.05) is 6.92 Å². The van der Waals surface area contributed by atoms with Crippen molar-refractivity contribution in [2.75, 3.05) is 26.7 Å². The van der Waals surface area contributed by atoms with Gasteiger partial charge in [0.1, 0.15) is 16.7 Å². The lowest BCUT2D eigenvalue weighted by atomic mass is 10.0. The summed E-state index contributed by atoms with van der Waals surface area (Å²) in [6, 6.07) is 8.46. The molecule has 36 heavy (non-hydrogen) atoms. The van der Waals surface area contributed by atoms with Gasteiger partial charge in [-0.2, -0.15) is 4.31 Å². The molecule has 0 bridgehead atoms. The Kier molecular flexibility index (Phi) is 7.70. The van der Waals surface area contributed by atoms with E-state index in [9.17, 15) is 22.8 Å². The van der Waals surface area contributed by atoms with E-state index in [2.05, 4.69) is 10.3 Å². The summed E-state index contributed by atoms with van der Waals surface area (Å²) in [5.41, 5.74) is 0.521. The highest BCUT2D eigenvalue weighted by molar-refractivity contribution is 7.89. The average Bonchev–Trinajstić information content (AvgIpc) is 3.46. The smallest absolute Gasteiger partial charge is 0.251 e. The quantitative estimate of drug-likeness (QED) is 0.537. The van der Waals surface area contributed by atoms with Crippen LogP contribution in [0.3, 0.4) is 0 Å². The van der Waals surface area contributed by atoms with E-state index >= 15 is 0 Å². The normalized spacial score (nSPS) is 20.7. The van der Waals surface area contributed by atoms with Crippen molar-refractivity contribution in [3.8, 4) is 5.75 Å². The van der Waals surface area contributed by atoms with Crippen molar-refractivity contribution in [2.24, 2.45) is 5.92 Å². The zero-order valence-electron chi connectivity index (χ0n) is 20.3. The number of methoxy groups -OCH3 is 1. The lowest BCUT2D eigenvalue weighted by Gasteiger charge is -2.25. The minimum atomic E-state index is -3.88. The number of rotatable bonds is 9. The third-order valence-electron chi connectivity index (χ3n) is 6.74. The molecule has 11 heteroatoms. The van der Waals surface area contributed by atoms with E-state index < -0.39 is 22.1 Å². The van der Waals surface area contributed by atoms with Crippen LogP contribution in [0.25, 0.3) is 0 Å². The Morgan fingerprint density at radius 3 is 2.64 bits per heavy atom. The largest absolute Gasteiger partial charge is 0.497 e. The highest BCUT2D eigenvalue weighted by Gasteiger charge is 2.53. The Hall–Kier alpha value is -3.31. The van der Waals surface area contributed by atoms with E-state index in [0.717, 1.165) is 0 Å². The Labute approximate surface area is 210 Å². The molecule has 3 unspecified atom stereocenters. The lowest BCUT2D eigenvalue weighted by Crippen LogP contribution is -2.44. The summed E-state index contributed by atoms with van der Waals surface area (Å²) in [7, 11) is -2.32. The van der Waals surface area contributed by atoms with Gasteiger partial charge in [0, 0.05) is 37.5 Å². The predicted molar refractivity (Wildman–Crippen MR) is 131 cm³/mol. The number of nitrogens with one attached hydrogen (secondary N) is 1. The number of ketones is 1. The van der Waals surface area contributed by atoms with Crippen LogP contribution in [0.4, 0.5) is 0 Å². The Morgan fingerprint density at radius 2 is 1.97 bits per heavy atom. The summed E-state index contributed by atoms with van der Waals surface area (Å²) < 4.78 is 32.5. The van der Waals surface area contributed by atoms with Crippen molar-refractivity contribution in [3.63, 3.8) is 0 Å². The number of fused-ring (bicyclic) bond motifs is 1. The van der Waals surface area contributed by atoms with Crippen molar-refractivity contribution >= 4 is 27.6 Å². The van der Waals surface area contributed by atoms with Gasteiger partial charge < -0.3 is 15.0 Å². The predicted octanol–water partition coefficient (Wildman–Crippen LogP) is 1.48. The summed E-state index contributed by atoms with van der Waals surface area (Å²) in [6.45, 7) is 2.41. The third kappa shape index (κ3) is 5.26. The molecule has 1 N–H and O–H groups in total. The van der Waals surface area contributed by atoms with Gasteiger partial charge in [0.05, 0.1) is 19.7 Å². The molecule has 3 atom stereocenters. The molecule has 0 spiro atoms. The zero-order valence-corrected chi connectivity index (χ0v) is 21.1. The van der Waals surface area contributed by atoms with Gasteiger partial charge in [-0.25, -0.2) is 8.42 Å². The van der Waals surface area contributed by atoms with Crippen LogP contribution in [0.2, 0.25) is 0 Å². The SMILES string of the molecule is COc1ccc(C(=O)NCCC(C)CC(=O)N2CCC3C2C(=O)CN3S(=O)(=O)c2cccnc2)cc1. The number of benzene rings is 1. The van der Waals surface area contributed by atoms with E-state index in [0.29, 0.717) is 37.2 Å². The monoisotopic (exact) mass is 514 g/mol. The van der Waals surface area contributed by atoms with Crippen LogP contribution >= 0.6 is 0 Å². The molecule has 1 aromatic carbocycles. The molecular weight excluding hydrogens is 484 g/mol. The van der Waals surface area contributed by atoms with Crippen molar-refractivity contribution in [1.82, 2.24) is 19.5 Å². The van der Waals surface area contributed by atoms with E-state index in [1.54, 1.807) is 31.4 Å². The van der Waals surface area contributed by atoms with Gasteiger partial charge >= 0.3 is 0 Å². The third-order valence-corrected chi connectivity index (χ3v) is 8.59. The summed E-state index contributed by atoms with van der Waals surface area (Å²) in [6.07, 6.45) is 3.96. The molecule has 0 saturated carbocycles. The molecule has 2 amide bonds. The van der Waals surface area contributed by atoms with Crippen LogP contribution in [-0.2, 0) is 19.6 Å². The molecule has 4 rings (SSSR count). The summed E-state index contributed by atoms with van der Waals surface area (Å²) in [4.78, 5) is 43.6. The second-order valence-corrected chi connectivity index (χ2v) is 11.1. The first-order valence-corrected chi connectivity index (χ1v) is 13.3. The van der Waals surface area contributed by atoms with Crippen LogP contribution in [0.5, 0.6) is 5.75 Å². The van der Waals surface area contributed by atoms with Crippen LogP contribution in [-0.4, -0.2) is 79.0 Å². The number of likely N-dealkylation sites (tertiary alicyclic amines) is 1. The van der Waals surface area contributed by atoms with Gasteiger partial charge in [0.2, 0.25) is 15.9 Å². The van der Waals surface area contributed by atoms with Gasteiger partial charge in [-0.15, -0.1) is 0 Å². The standard InChI is InChI=1S/C25H30N4O6S/c1-17(9-12-27-25(32)18-5-7-19(35-2)8-6-18)14-23(31)28-13-10-21-24(28)22(30)16-29(21)36(33,34)20-4-3-11-26-15-20/h3-8,11,15,17,21,24H,9-10,12-14,16H2,1-2H3,(H,27,32). The molecule has 3 heterocycles. The number of amides is 2. The summed E-state index contributed by atoms with van der Waals surface area (Å²) in [5.74, 6) is -0.00552. The second kappa shape index (κ2) is 10.8. The van der Waals surface area contributed by atoms with Crippen LogP contribution < -0.4 is 10.1 Å². The van der Waals surface area contributed by atoms with Crippen molar-refractivity contribution < 1.29 is 27.5 Å². The minimum Gasteiger partial charge on any atom is -0.497 e. The van der Waals surface area contributed by atoms with Gasteiger partial charge in [0.15, 0.2) is 5.78 Å². The first-order chi connectivity index (χ1) is 17.2. The molecule has 192 valence electrons. The lowest BCUT2D eigenvalue weighted by molar-refractivity contribution is -0.137.